The Morgan fingerprint density at radius 3 is 2.46 bits per heavy atom. The van der Waals surface area contributed by atoms with Gasteiger partial charge in [-0.3, -0.25) is 4.79 Å². The number of halogens is 2. The number of hydrogen-bond acceptors (Lipinski definition) is 4. The molecule has 122 valence electrons. The van der Waals surface area contributed by atoms with Crippen molar-refractivity contribution in [2.24, 2.45) is 0 Å². The van der Waals surface area contributed by atoms with Crippen LogP contribution in [0.15, 0.2) is 53.9 Å². The largest absolute Gasteiger partial charge is 0.332 e. The Balaban J connectivity index is 1.58. The van der Waals surface area contributed by atoms with Crippen LogP contribution >= 0.6 is 22.9 Å². The van der Waals surface area contributed by atoms with Gasteiger partial charge in [-0.15, -0.1) is 11.3 Å². The van der Waals surface area contributed by atoms with Gasteiger partial charge in [0.1, 0.15) is 5.82 Å². The van der Waals surface area contributed by atoms with Gasteiger partial charge in [0, 0.05) is 21.8 Å². The highest BCUT2D eigenvalue weighted by Crippen LogP contribution is 2.21. The average molecular weight is 362 g/mol. The molecule has 0 aliphatic carbocycles. The van der Waals surface area contributed by atoms with Crippen molar-refractivity contribution in [1.82, 2.24) is 4.98 Å². The number of nitrogens with zero attached hydrogens (tertiary/aromatic N) is 1. The third-order valence-electron chi connectivity index (χ3n) is 3.12. The van der Waals surface area contributed by atoms with E-state index in [1.165, 1.54) is 23.5 Å². The van der Waals surface area contributed by atoms with Gasteiger partial charge in [0.05, 0.1) is 12.1 Å². The number of rotatable bonds is 5. The molecule has 0 aliphatic heterocycles. The maximum Gasteiger partial charge on any atom is 0.230 e. The Kier molecular flexibility index (Phi) is 5.08. The maximum atomic E-state index is 12.9. The van der Waals surface area contributed by atoms with Crippen molar-refractivity contribution in [3.8, 4) is 0 Å². The smallest absolute Gasteiger partial charge is 0.230 e. The summed E-state index contributed by atoms with van der Waals surface area (Å²) >= 11 is 7.19. The Labute approximate surface area is 147 Å². The van der Waals surface area contributed by atoms with Crippen LogP contribution in [0.4, 0.5) is 20.9 Å². The molecule has 0 aliphatic rings. The SMILES string of the molecule is O=C(Cc1csc(Nc2ccc(F)cc2)n1)Nc1ccc(Cl)cc1. The van der Waals surface area contributed by atoms with E-state index in [-0.39, 0.29) is 18.1 Å². The zero-order valence-corrected chi connectivity index (χ0v) is 14.0. The molecule has 3 rings (SSSR count). The lowest BCUT2D eigenvalue weighted by molar-refractivity contribution is -0.115. The van der Waals surface area contributed by atoms with E-state index in [1.54, 1.807) is 36.4 Å². The van der Waals surface area contributed by atoms with E-state index in [4.69, 9.17) is 11.6 Å². The number of aromatic nitrogens is 1. The van der Waals surface area contributed by atoms with Gasteiger partial charge in [-0.2, -0.15) is 0 Å². The van der Waals surface area contributed by atoms with Crippen LogP contribution in [0.2, 0.25) is 5.02 Å². The average Bonchev–Trinajstić information content (AvgIpc) is 2.99. The molecule has 0 saturated heterocycles. The van der Waals surface area contributed by atoms with Crippen LogP contribution in [0.25, 0.3) is 0 Å². The zero-order valence-electron chi connectivity index (χ0n) is 12.4. The van der Waals surface area contributed by atoms with Crippen LogP contribution in [0.1, 0.15) is 5.69 Å². The topological polar surface area (TPSA) is 54.0 Å². The van der Waals surface area contributed by atoms with Crippen molar-refractivity contribution in [2.75, 3.05) is 10.6 Å². The molecule has 2 N–H and O–H groups in total. The van der Waals surface area contributed by atoms with E-state index in [0.29, 0.717) is 21.5 Å². The fraction of sp³-hybridized carbons (Fsp3) is 0.0588. The lowest BCUT2D eigenvalue weighted by Crippen LogP contribution is -2.14. The molecule has 3 aromatic rings. The molecule has 4 nitrogen and oxygen atoms in total. The van der Waals surface area contributed by atoms with Crippen LogP contribution in [-0.2, 0) is 11.2 Å². The molecule has 0 fully saturated rings. The summed E-state index contributed by atoms with van der Waals surface area (Å²) in [5, 5.41) is 8.94. The fourth-order valence-corrected chi connectivity index (χ4v) is 2.86. The summed E-state index contributed by atoms with van der Waals surface area (Å²) in [6, 6.07) is 12.9. The Hall–Kier alpha value is -2.44. The van der Waals surface area contributed by atoms with Gasteiger partial charge in [-0.1, -0.05) is 11.6 Å². The standard InChI is InChI=1S/C17H13ClFN3OS/c18-11-1-5-13(6-2-11)20-16(23)9-15-10-24-17(22-15)21-14-7-3-12(19)4-8-14/h1-8,10H,9H2,(H,20,23)(H,21,22). The molecular formula is C17H13ClFN3OS. The predicted octanol–water partition coefficient (Wildman–Crippen LogP) is 4.86. The molecule has 1 heterocycles. The number of nitrogens with one attached hydrogen (secondary N) is 2. The number of hydrogen-bond donors (Lipinski definition) is 2. The Morgan fingerprint density at radius 2 is 1.75 bits per heavy atom. The van der Waals surface area contributed by atoms with Crippen LogP contribution in [-0.4, -0.2) is 10.9 Å². The van der Waals surface area contributed by atoms with Crippen molar-refractivity contribution in [1.29, 1.82) is 0 Å². The minimum atomic E-state index is -0.292. The molecule has 24 heavy (non-hydrogen) atoms. The Bertz CT molecular complexity index is 834. The van der Waals surface area contributed by atoms with Crippen LogP contribution in [0.3, 0.4) is 0 Å². The predicted molar refractivity (Wildman–Crippen MR) is 95.6 cm³/mol. The summed E-state index contributed by atoms with van der Waals surface area (Å²) in [6.45, 7) is 0. The number of amides is 1. The second-order valence-corrected chi connectivity index (χ2v) is 6.30. The molecule has 0 saturated carbocycles. The summed E-state index contributed by atoms with van der Waals surface area (Å²) in [5.41, 5.74) is 2.09. The highest BCUT2D eigenvalue weighted by Gasteiger charge is 2.08. The summed E-state index contributed by atoms with van der Waals surface area (Å²) in [6.07, 6.45) is 0.171. The normalized spacial score (nSPS) is 10.4. The van der Waals surface area contributed by atoms with Crippen molar-refractivity contribution in [3.63, 3.8) is 0 Å². The molecule has 7 heteroatoms. The van der Waals surface area contributed by atoms with E-state index in [9.17, 15) is 9.18 Å². The molecule has 2 aromatic carbocycles. The fourth-order valence-electron chi connectivity index (χ4n) is 2.01. The van der Waals surface area contributed by atoms with Gasteiger partial charge in [0.15, 0.2) is 5.13 Å². The first-order chi connectivity index (χ1) is 11.6. The lowest BCUT2D eigenvalue weighted by Gasteiger charge is -2.04. The summed E-state index contributed by atoms with van der Waals surface area (Å²) in [7, 11) is 0. The van der Waals surface area contributed by atoms with Gasteiger partial charge >= 0.3 is 0 Å². The zero-order chi connectivity index (χ0) is 16.9. The van der Waals surface area contributed by atoms with Gasteiger partial charge in [0.2, 0.25) is 5.91 Å². The van der Waals surface area contributed by atoms with Gasteiger partial charge in [-0.05, 0) is 48.5 Å². The molecule has 0 radical (unpaired) electrons. The third kappa shape index (κ3) is 4.53. The first kappa shape index (κ1) is 16.4. The van der Waals surface area contributed by atoms with Crippen molar-refractivity contribution < 1.29 is 9.18 Å². The number of thiazole rings is 1. The summed E-state index contributed by atoms with van der Waals surface area (Å²) < 4.78 is 12.9. The molecule has 0 atom stereocenters. The molecule has 1 amide bonds. The molecule has 0 unspecified atom stereocenters. The first-order valence-corrected chi connectivity index (χ1v) is 8.37. The molecule has 0 bridgehead atoms. The van der Waals surface area contributed by atoms with E-state index in [1.807, 2.05) is 5.38 Å². The molecular weight excluding hydrogens is 349 g/mol. The second-order valence-electron chi connectivity index (χ2n) is 5.01. The van der Waals surface area contributed by atoms with Gasteiger partial charge in [-0.25, -0.2) is 9.37 Å². The summed E-state index contributed by atoms with van der Waals surface area (Å²) in [5.74, 6) is -0.449. The minimum Gasteiger partial charge on any atom is -0.332 e. The van der Waals surface area contributed by atoms with Gasteiger partial charge < -0.3 is 10.6 Å². The van der Waals surface area contributed by atoms with Crippen LogP contribution in [0.5, 0.6) is 0 Å². The third-order valence-corrected chi connectivity index (χ3v) is 4.18. The maximum absolute atomic E-state index is 12.9. The van der Waals surface area contributed by atoms with Crippen molar-refractivity contribution >= 4 is 45.4 Å². The van der Waals surface area contributed by atoms with Crippen LogP contribution in [0, 0.1) is 5.82 Å². The number of carbonyl (C=O) groups excluding carboxylic acids is 1. The van der Waals surface area contributed by atoms with Crippen LogP contribution < -0.4 is 10.6 Å². The Morgan fingerprint density at radius 1 is 1.08 bits per heavy atom. The number of carbonyl (C=O) groups is 1. The van der Waals surface area contributed by atoms with E-state index >= 15 is 0 Å². The molecule has 1 aromatic heterocycles. The first-order valence-electron chi connectivity index (χ1n) is 7.11. The van der Waals surface area contributed by atoms with Crippen molar-refractivity contribution in [3.05, 3.63) is 70.4 Å². The minimum absolute atomic E-state index is 0.157. The second kappa shape index (κ2) is 7.42. The quantitative estimate of drug-likeness (QED) is 0.682. The lowest BCUT2D eigenvalue weighted by atomic mass is 10.3. The monoisotopic (exact) mass is 361 g/mol. The van der Waals surface area contributed by atoms with Crippen molar-refractivity contribution in [2.45, 2.75) is 6.42 Å². The highest BCUT2D eigenvalue weighted by atomic mass is 35.5. The highest BCUT2D eigenvalue weighted by molar-refractivity contribution is 7.13. The molecule has 0 spiro atoms. The van der Waals surface area contributed by atoms with Gasteiger partial charge in [0.25, 0.3) is 0 Å². The summed E-state index contributed by atoms with van der Waals surface area (Å²) in [4.78, 5) is 16.4. The van der Waals surface area contributed by atoms with E-state index in [2.05, 4.69) is 15.6 Å². The number of anilines is 3. The van der Waals surface area contributed by atoms with E-state index in [0.717, 1.165) is 5.69 Å². The van der Waals surface area contributed by atoms with E-state index < -0.39 is 0 Å². The number of benzene rings is 2.